The Bertz CT molecular complexity index is 328. The van der Waals surface area contributed by atoms with Gasteiger partial charge in [0.25, 0.3) is 0 Å². The van der Waals surface area contributed by atoms with Gasteiger partial charge in [0.15, 0.2) is 0 Å². The molecule has 0 radical (unpaired) electrons. The molecule has 1 aromatic rings. The number of benzene rings is 1. The van der Waals surface area contributed by atoms with E-state index < -0.39 is 5.60 Å². The summed E-state index contributed by atoms with van der Waals surface area (Å²) in [4.78, 5) is 1.16. The summed E-state index contributed by atoms with van der Waals surface area (Å²) in [6.07, 6.45) is 4.18. The Kier molecular flexibility index (Phi) is 3.90. The Balaban J connectivity index is 1.89. The van der Waals surface area contributed by atoms with Crippen molar-refractivity contribution < 1.29 is 10.2 Å². The van der Waals surface area contributed by atoms with E-state index in [9.17, 15) is 5.11 Å². The molecule has 0 amide bonds. The van der Waals surface area contributed by atoms with E-state index in [2.05, 4.69) is 0 Å². The second-order valence-electron chi connectivity index (χ2n) is 4.52. The van der Waals surface area contributed by atoms with E-state index in [1.54, 1.807) is 11.8 Å². The van der Waals surface area contributed by atoms with Crippen molar-refractivity contribution in [2.45, 2.75) is 42.8 Å². The molecule has 2 rings (SSSR count). The quantitative estimate of drug-likeness (QED) is 0.792. The van der Waals surface area contributed by atoms with E-state index >= 15 is 0 Å². The highest BCUT2D eigenvalue weighted by Crippen LogP contribution is 2.34. The van der Waals surface area contributed by atoms with Crippen LogP contribution >= 0.6 is 11.8 Å². The largest absolute Gasteiger partial charge is 0.392 e. The van der Waals surface area contributed by atoms with Crippen molar-refractivity contribution in [1.82, 2.24) is 0 Å². The molecule has 0 unspecified atom stereocenters. The van der Waals surface area contributed by atoms with Crippen molar-refractivity contribution >= 4 is 11.8 Å². The van der Waals surface area contributed by atoms with E-state index in [1.807, 2.05) is 24.3 Å². The van der Waals surface area contributed by atoms with Crippen molar-refractivity contribution in [3.8, 4) is 0 Å². The predicted octanol–water partition coefficient (Wildman–Crippen LogP) is 2.58. The van der Waals surface area contributed by atoms with E-state index in [1.165, 1.54) is 0 Å². The zero-order valence-electron chi connectivity index (χ0n) is 9.35. The number of aliphatic hydroxyl groups is 2. The molecule has 88 valence electrons. The fourth-order valence-electron chi connectivity index (χ4n) is 2.09. The third-order valence-corrected chi connectivity index (χ3v) is 4.43. The Morgan fingerprint density at radius 2 is 1.75 bits per heavy atom. The Hall–Kier alpha value is -0.510. The average Bonchev–Trinajstić information content (AvgIpc) is 2.75. The van der Waals surface area contributed by atoms with Gasteiger partial charge in [0.1, 0.15) is 0 Å². The van der Waals surface area contributed by atoms with Gasteiger partial charge < -0.3 is 10.2 Å². The molecule has 1 saturated carbocycles. The summed E-state index contributed by atoms with van der Waals surface area (Å²) in [5.74, 6) is 0.783. The summed E-state index contributed by atoms with van der Waals surface area (Å²) in [7, 11) is 0. The van der Waals surface area contributed by atoms with Crippen molar-refractivity contribution in [2.24, 2.45) is 0 Å². The second-order valence-corrected chi connectivity index (χ2v) is 5.57. The van der Waals surface area contributed by atoms with E-state index in [4.69, 9.17) is 5.11 Å². The smallest absolute Gasteiger partial charge is 0.0741 e. The summed E-state index contributed by atoms with van der Waals surface area (Å²) in [6, 6.07) is 7.88. The van der Waals surface area contributed by atoms with E-state index in [-0.39, 0.29) is 6.61 Å². The molecular formula is C13H18O2S. The zero-order valence-corrected chi connectivity index (χ0v) is 10.2. The first kappa shape index (κ1) is 12.0. The average molecular weight is 238 g/mol. The van der Waals surface area contributed by atoms with Crippen molar-refractivity contribution in [3.05, 3.63) is 29.8 Å². The number of hydrogen-bond donors (Lipinski definition) is 2. The van der Waals surface area contributed by atoms with Crippen LogP contribution in [0, 0.1) is 0 Å². The molecule has 16 heavy (non-hydrogen) atoms. The third kappa shape index (κ3) is 3.00. The number of hydrogen-bond acceptors (Lipinski definition) is 3. The van der Waals surface area contributed by atoms with Crippen LogP contribution in [0.2, 0.25) is 0 Å². The lowest BCUT2D eigenvalue weighted by molar-refractivity contribution is 0.0732. The van der Waals surface area contributed by atoms with Gasteiger partial charge in [-0.1, -0.05) is 25.0 Å². The number of rotatable bonds is 4. The Morgan fingerprint density at radius 1 is 1.12 bits per heavy atom. The van der Waals surface area contributed by atoms with Crippen LogP contribution in [0.3, 0.4) is 0 Å². The van der Waals surface area contributed by atoms with Gasteiger partial charge in [-0.2, -0.15) is 0 Å². The SMILES string of the molecule is OCc1ccc(SCC2(O)CCCC2)cc1. The lowest BCUT2D eigenvalue weighted by Gasteiger charge is -2.21. The minimum absolute atomic E-state index is 0.0921. The number of aliphatic hydroxyl groups excluding tert-OH is 1. The molecule has 0 aromatic heterocycles. The molecule has 3 heteroatoms. The standard InChI is InChI=1S/C13H18O2S/c14-9-11-3-5-12(6-4-11)16-10-13(15)7-1-2-8-13/h3-6,14-15H,1-2,7-10H2. The molecule has 2 N–H and O–H groups in total. The maximum Gasteiger partial charge on any atom is 0.0741 e. The summed E-state index contributed by atoms with van der Waals surface area (Å²) in [6.45, 7) is 0.0921. The van der Waals surface area contributed by atoms with E-state index in [0.29, 0.717) is 0 Å². The molecule has 0 heterocycles. The second kappa shape index (κ2) is 5.21. The first-order chi connectivity index (χ1) is 7.72. The zero-order chi connectivity index (χ0) is 11.4. The third-order valence-electron chi connectivity index (χ3n) is 3.15. The summed E-state index contributed by atoms with van der Waals surface area (Å²) < 4.78 is 0. The van der Waals surface area contributed by atoms with Gasteiger partial charge in [-0.25, -0.2) is 0 Å². The Morgan fingerprint density at radius 3 is 2.31 bits per heavy atom. The van der Waals surface area contributed by atoms with Crippen molar-refractivity contribution in [2.75, 3.05) is 5.75 Å². The van der Waals surface area contributed by atoms with Gasteiger partial charge in [0.05, 0.1) is 12.2 Å². The topological polar surface area (TPSA) is 40.5 Å². The maximum atomic E-state index is 10.2. The Labute approximate surface area is 101 Å². The lowest BCUT2D eigenvalue weighted by atomic mass is 10.1. The van der Waals surface area contributed by atoms with Crippen LogP contribution in [0.15, 0.2) is 29.2 Å². The van der Waals surface area contributed by atoms with Crippen LogP contribution in [0.25, 0.3) is 0 Å². The first-order valence-electron chi connectivity index (χ1n) is 5.77. The minimum Gasteiger partial charge on any atom is -0.392 e. The highest BCUT2D eigenvalue weighted by molar-refractivity contribution is 7.99. The van der Waals surface area contributed by atoms with Crippen LogP contribution in [-0.2, 0) is 6.61 Å². The first-order valence-corrected chi connectivity index (χ1v) is 6.75. The molecule has 0 spiro atoms. The van der Waals surface area contributed by atoms with Gasteiger partial charge in [0, 0.05) is 10.6 Å². The fraction of sp³-hybridized carbons (Fsp3) is 0.538. The minimum atomic E-state index is -0.444. The van der Waals surface area contributed by atoms with Crippen molar-refractivity contribution in [1.29, 1.82) is 0 Å². The predicted molar refractivity (Wildman–Crippen MR) is 66.5 cm³/mol. The van der Waals surface area contributed by atoms with E-state index in [0.717, 1.165) is 41.9 Å². The highest BCUT2D eigenvalue weighted by atomic mass is 32.2. The summed E-state index contributed by atoms with van der Waals surface area (Å²) in [5.41, 5.74) is 0.490. The normalized spacial score (nSPS) is 18.9. The van der Waals surface area contributed by atoms with Crippen LogP contribution in [0.1, 0.15) is 31.2 Å². The highest BCUT2D eigenvalue weighted by Gasteiger charge is 2.30. The monoisotopic (exact) mass is 238 g/mol. The molecule has 0 atom stereocenters. The van der Waals surface area contributed by atoms with Crippen LogP contribution in [-0.4, -0.2) is 21.6 Å². The molecule has 1 fully saturated rings. The van der Waals surface area contributed by atoms with Gasteiger partial charge in [0.2, 0.25) is 0 Å². The molecule has 1 aliphatic rings. The molecule has 1 aromatic carbocycles. The maximum absolute atomic E-state index is 10.2. The molecule has 1 aliphatic carbocycles. The summed E-state index contributed by atoms with van der Waals surface area (Å²) >= 11 is 1.70. The molecule has 0 bridgehead atoms. The van der Waals surface area contributed by atoms with Crippen LogP contribution in [0.5, 0.6) is 0 Å². The van der Waals surface area contributed by atoms with Gasteiger partial charge >= 0.3 is 0 Å². The molecular weight excluding hydrogens is 220 g/mol. The molecule has 2 nitrogen and oxygen atoms in total. The van der Waals surface area contributed by atoms with Crippen LogP contribution in [0.4, 0.5) is 0 Å². The number of thioether (sulfide) groups is 1. The lowest BCUT2D eigenvalue weighted by Crippen LogP contribution is -2.26. The van der Waals surface area contributed by atoms with Crippen molar-refractivity contribution in [3.63, 3.8) is 0 Å². The van der Waals surface area contributed by atoms with Gasteiger partial charge in [-0.15, -0.1) is 11.8 Å². The molecule has 0 saturated heterocycles. The summed E-state index contributed by atoms with van der Waals surface area (Å²) in [5, 5.41) is 19.1. The molecule has 0 aliphatic heterocycles. The fourth-order valence-corrected chi connectivity index (χ4v) is 3.14. The van der Waals surface area contributed by atoms with Crippen LogP contribution < -0.4 is 0 Å². The van der Waals surface area contributed by atoms with Gasteiger partial charge in [-0.05, 0) is 30.5 Å². The van der Waals surface area contributed by atoms with Gasteiger partial charge in [-0.3, -0.25) is 0 Å².